The average molecular weight is 252 g/mol. The highest BCUT2D eigenvalue weighted by Crippen LogP contribution is 2.10. The van der Waals surface area contributed by atoms with E-state index in [2.05, 4.69) is 0 Å². The van der Waals surface area contributed by atoms with Crippen molar-refractivity contribution < 1.29 is 24.3 Å². The summed E-state index contributed by atoms with van der Waals surface area (Å²) >= 11 is 0. The van der Waals surface area contributed by atoms with Crippen molar-refractivity contribution in [2.75, 3.05) is 39.5 Å². The molecule has 0 bridgehead atoms. The highest BCUT2D eigenvalue weighted by Gasteiger charge is 2.14. The third-order valence-electron chi connectivity index (χ3n) is 2.99. The zero-order valence-electron chi connectivity index (χ0n) is 10.2. The first-order chi connectivity index (χ1) is 8.75. The van der Waals surface area contributed by atoms with E-state index in [1.807, 2.05) is 0 Å². The summed E-state index contributed by atoms with van der Waals surface area (Å²) in [5.41, 5.74) is 0.463. The third-order valence-corrected chi connectivity index (χ3v) is 2.99. The Morgan fingerprint density at radius 2 is 1.94 bits per heavy atom. The van der Waals surface area contributed by atoms with Crippen molar-refractivity contribution in [3.05, 3.63) is 29.8 Å². The molecule has 5 nitrogen and oxygen atoms in total. The van der Waals surface area contributed by atoms with Crippen molar-refractivity contribution in [1.82, 2.24) is 0 Å². The second-order valence-corrected chi connectivity index (χ2v) is 4.30. The summed E-state index contributed by atoms with van der Waals surface area (Å²) in [5.74, 6) is -0.202. The minimum atomic E-state index is -0.345. The predicted octanol–water partition coefficient (Wildman–Crippen LogP) is -0.536. The van der Waals surface area contributed by atoms with Crippen molar-refractivity contribution in [3.8, 4) is 5.75 Å². The molecule has 1 fully saturated rings. The maximum atomic E-state index is 11.7. The molecule has 1 aliphatic heterocycles. The molecule has 1 aromatic carbocycles. The van der Waals surface area contributed by atoms with Gasteiger partial charge in [-0.15, -0.1) is 0 Å². The summed E-state index contributed by atoms with van der Waals surface area (Å²) in [6, 6.07) is 6.06. The molecule has 0 amide bonds. The number of phenolic OH excluding ortho intramolecular Hbond substituents is 1. The van der Waals surface area contributed by atoms with E-state index < -0.39 is 0 Å². The van der Waals surface area contributed by atoms with Crippen LogP contribution < -0.4 is 4.90 Å². The average Bonchev–Trinajstić information content (AvgIpc) is 2.40. The van der Waals surface area contributed by atoms with Gasteiger partial charge in [-0.25, -0.2) is 4.79 Å². The lowest BCUT2D eigenvalue weighted by Gasteiger charge is -2.23. The van der Waals surface area contributed by atoms with Crippen molar-refractivity contribution >= 4 is 5.97 Å². The summed E-state index contributed by atoms with van der Waals surface area (Å²) < 4.78 is 10.4. The lowest BCUT2D eigenvalue weighted by molar-refractivity contribution is -0.908. The molecule has 0 unspecified atom stereocenters. The van der Waals surface area contributed by atoms with Crippen LogP contribution in [-0.4, -0.2) is 50.5 Å². The number of morpholine rings is 1. The molecule has 1 aliphatic rings. The largest absolute Gasteiger partial charge is 0.508 e. The van der Waals surface area contributed by atoms with Crippen molar-refractivity contribution in [2.45, 2.75) is 0 Å². The van der Waals surface area contributed by atoms with Gasteiger partial charge in [-0.1, -0.05) is 0 Å². The number of rotatable bonds is 4. The Balaban J connectivity index is 1.72. The SMILES string of the molecule is O=C(OCC[NH+]1CCOCC1)c1ccc(O)cc1. The molecular weight excluding hydrogens is 234 g/mol. The maximum absolute atomic E-state index is 11.7. The van der Waals surface area contributed by atoms with Crippen LogP contribution in [-0.2, 0) is 9.47 Å². The lowest BCUT2D eigenvalue weighted by atomic mass is 10.2. The van der Waals surface area contributed by atoms with Gasteiger partial charge in [0.2, 0.25) is 0 Å². The normalized spacial score (nSPS) is 16.4. The highest BCUT2D eigenvalue weighted by molar-refractivity contribution is 5.89. The monoisotopic (exact) mass is 252 g/mol. The van der Waals surface area contributed by atoms with Crippen LogP contribution in [0.15, 0.2) is 24.3 Å². The Kier molecular flexibility index (Phi) is 4.55. The zero-order chi connectivity index (χ0) is 12.8. The summed E-state index contributed by atoms with van der Waals surface area (Å²) in [6.45, 7) is 4.72. The summed E-state index contributed by atoms with van der Waals surface area (Å²) in [4.78, 5) is 13.1. The van der Waals surface area contributed by atoms with Gasteiger partial charge in [0.15, 0.2) is 0 Å². The molecule has 1 aromatic rings. The molecular formula is C13H18NO4+. The van der Waals surface area contributed by atoms with Crippen molar-refractivity contribution in [3.63, 3.8) is 0 Å². The second-order valence-electron chi connectivity index (χ2n) is 4.30. The summed E-state index contributed by atoms with van der Waals surface area (Å²) in [6.07, 6.45) is 0. The number of hydrogen-bond acceptors (Lipinski definition) is 4. The molecule has 1 saturated heterocycles. The lowest BCUT2D eigenvalue weighted by Crippen LogP contribution is -3.14. The molecule has 2 N–H and O–H groups in total. The number of nitrogens with one attached hydrogen (secondary N) is 1. The van der Waals surface area contributed by atoms with Gasteiger partial charge in [0.05, 0.1) is 18.8 Å². The highest BCUT2D eigenvalue weighted by atomic mass is 16.5. The van der Waals surface area contributed by atoms with Crippen LogP contribution >= 0.6 is 0 Å². The minimum Gasteiger partial charge on any atom is -0.508 e. The minimum absolute atomic E-state index is 0.143. The van der Waals surface area contributed by atoms with Gasteiger partial charge in [0.25, 0.3) is 0 Å². The Bertz CT molecular complexity index is 384. The molecule has 98 valence electrons. The molecule has 0 radical (unpaired) electrons. The van der Waals surface area contributed by atoms with Crippen molar-refractivity contribution in [1.29, 1.82) is 0 Å². The molecule has 0 aromatic heterocycles. The predicted molar refractivity (Wildman–Crippen MR) is 64.8 cm³/mol. The van der Waals surface area contributed by atoms with E-state index in [0.29, 0.717) is 12.2 Å². The Hall–Kier alpha value is -1.59. The van der Waals surface area contributed by atoms with Crippen LogP contribution in [0.4, 0.5) is 0 Å². The van der Waals surface area contributed by atoms with Crippen LogP contribution in [0.3, 0.4) is 0 Å². The number of aromatic hydroxyl groups is 1. The van der Waals surface area contributed by atoms with Crippen LogP contribution in [0, 0.1) is 0 Å². The fourth-order valence-electron chi connectivity index (χ4n) is 1.88. The first kappa shape index (κ1) is 12.9. The molecule has 0 spiro atoms. The number of hydrogen-bond donors (Lipinski definition) is 2. The van der Waals surface area contributed by atoms with Crippen LogP contribution in [0.25, 0.3) is 0 Å². The number of quaternary nitrogens is 1. The van der Waals surface area contributed by atoms with E-state index in [1.165, 1.54) is 17.0 Å². The molecule has 0 aliphatic carbocycles. The van der Waals surface area contributed by atoms with Gasteiger partial charge in [0, 0.05) is 0 Å². The summed E-state index contributed by atoms with van der Waals surface area (Å²) in [7, 11) is 0. The van der Waals surface area contributed by atoms with Gasteiger partial charge in [0.1, 0.15) is 32.0 Å². The van der Waals surface area contributed by atoms with Gasteiger partial charge < -0.3 is 19.5 Å². The van der Waals surface area contributed by atoms with Crippen molar-refractivity contribution in [2.24, 2.45) is 0 Å². The van der Waals surface area contributed by atoms with Gasteiger partial charge in [-0.2, -0.15) is 0 Å². The zero-order valence-corrected chi connectivity index (χ0v) is 10.2. The topological polar surface area (TPSA) is 60.2 Å². The molecule has 1 heterocycles. The Morgan fingerprint density at radius 3 is 2.61 bits per heavy atom. The first-order valence-electron chi connectivity index (χ1n) is 6.13. The van der Waals surface area contributed by atoms with E-state index in [1.54, 1.807) is 12.1 Å². The number of carbonyl (C=O) groups is 1. The number of ether oxygens (including phenoxy) is 2. The number of benzene rings is 1. The second kappa shape index (κ2) is 6.37. The van der Waals surface area contributed by atoms with E-state index in [9.17, 15) is 4.79 Å². The quantitative estimate of drug-likeness (QED) is 0.707. The number of esters is 1. The van der Waals surface area contributed by atoms with Gasteiger partial charge in [-0.3, -0.25) is 0 Å². The Labute approximate surface area is 106 Å². The van der Waals surface area contributed by atoms with E-state index >= 15 is 0 Å². The maximum Gasteiger partial charge on any atom is 0.338 e. The molecule has 0 saturated carbocycles. The van der Waals surface area contributed by atoms with Crippen LogP contribution in [0.1, 0.15) is 10.4 Å². The summed E-state index contributed by atoms with van der Waals surface area (Å²) in [5, 5.41) is 9.12. The molecule has 18 heavy (non-hydrogen) atoms. The van der Waals surface area contributed by atoms with Crippen LogP contribution in [0.5, 0.6) is 5.75 Å². The fourth-order valence-corrected chi connectivity index (χ4v) is 1.88. The van der Waals surface area contributed by atoms with Crippen LogP contribution in [0.2, 0.25) is 0 Å². The fraction of sp³-hybridized carbons (Fsp3) is 0.462. The van der Waals surface area contributed by atoms with Gasteiger partial charge >= 0.3 is 5.97 Å². The number of carbonyl (C=O) groups excluding carboxylic acids is 1. The van der Waals surface area contributed by atoms with E-state index in [0.717, 1.165) is 32.8 Å². The standard InChI is InChI=1S/C13H17NO4/c15-12-3-1-11(2-4-12)13(16)18-10-7-14-5-8-17-9-6-14/h1-4,15H,5-10H2/p+1. The Morgan fingerprint density at radius 1 is 1.28 bits per heavy atom. The third kappa shape index (κ3) is 3.72. The van der Waals surface area contributed by atoms with E-state index in [4.69, 9.17) is 14.6 Å². The first-order valence-corrected chi connectivity index (χ1v) is 6.13. The molecule has 0 atom stereocenters. The molecule has 5 heteroatoms. The van der Waals surface area contributed by atoms with Gasteiger partial charge in [-0.05, 0) is 24.3 Å². The van der Waals surface area contributed by atoms with E-state index in [-0.39, 0.29) is 11.7 Å². The smallest absolute Gasteiger partial charge is 0.338 e. The molecule has 2 rings (SSSR count). The number of phenols is 1.